The van der Waals surface area contributed by atoms with Gasteiger partial charge in [-0.1, -0.05) is 13.8 Å². The minimum atomic E-state index is -0.150. The monoisotopic (exact) mass is 254 g/mol. The van der Waals surface area contributed by atoms with E-state index in [9.17, 15) is 4.79 Å². The fraction of sp³-hybridized carbons (Fsp3) is 0.933. The molecule has 0 aromatic rings. The van der Waals surface area contributed by atoms with Gasteiger partial charge in [-0.25, -0.2) is 0 Å². The lowest BCUT2D eigenvalue weighted by atomic mass is 9.62. The molecule has 0 saturated heterocycles. The van der Waals surface area contributed by atoms with Gasteiger partial charge in [0, 0.05) is 32.5 Å². The summed E-state index contributed by atoms with van der Waals surface area (Å²) in [6, 6.07) is 0. The predicted molar refractivity (Wildman–Crippen MR) is 70.1 cm³/mol. The van der Waals surface area contributed by atoms with Crippen molar-refractivity contribution < 1.29 is 14.3 Å². The minimum Gasteiger partial charge on any atom is -0.356 e. The number of hydrogen-bond acceptors (Lipinski definition) is 3. The second-order valence-corrected chi connectivity index (χ2v) is 6.26. The third kappa shape index (κ3) is 2.12. The average molecular weight is 254 g/mol. The molecule has 0 spiro atoms. The number of fused-ring (bicyclic) bond motifs is 1. The largest absolute Gasteiger partial charge is 0.356 e. The molecule has 2 fully saturated rings. The number of hydrogen-bond donors (Lipinski definition) is 0. The highest BCUT2D eigenvalue weighted by Crippen LogP contribution is 2.57. The molecule has 4 unspecified atom stereocenters. The Kier molecular flexibility index (Phi) is 4.12. The molecular formula is C15H26O3. The van der Waals surface area contributed by atoms with E-state index in [-0.39, 0.29) is 17.6 Å². The molecule has 0 N–H and O–H groups in total. The average Bonchev–Trinajstić information content (AvgIpc) is 2.69. The molecule has 18 heavy (non-hydrogen) atoms. The topological polar surface area (TPSA) is 35.5 Å². The molecule has 0 radical (unpaired) electrons. The highest BCUT2D eigenvalue weighted by atomic mass is 16.7. The summed E-state index contributed by atoms with van der Waals surface area (Å²) in [7, 11) is 3.40. The van der Waals surface area contributed by atoms with Crippen molar-refractivity contribution >= 4 is 5.78 Å². The molecule has 0 bridgehead atoms. The first-order chi connectivity index (χ1) is 8.54. The van der Waals surface area contributed by atoms with Crippen LogP contribution in [0.3, 0.4) is 0 Å². The second kappa shape index (κ2) is 5.30. The van der Waals surface area contributed by atoms with Crippen LogP contribution in [0.15, 0.2) is 0 Å². The summed E-state index contributed by atoms with van der Waals surface area (Å²) in [5, 5.41) is 0. The molecule has 2 rings (SSSR count). The van der Waals surface area contributed by atoms with Crippen molar-refractivity contribution in [1.82, 2.24) is 0 Å². The Morgan fingerprint density at radius 2 is 1.94 bits per heavy atom. The van der Waals surface area contributed by atoms with Crippen molar-refractivity contribution in [2.45, 2.75) is 52.2 Å². The molecule has 0 aromatic heterocycles. The number of carbonyl (C=O) groups excluding carboxylic acids is 1. The van der Waals surface area contributed by atoms with Crippen molar-refractivity contribution in [2.75, 3.05) is 14.2 Å². The summed E-state index contributed by atoms with van der Waals surface area (Å²) in [5.74, 6) is 1.66. The summed E-state index contributed by atoms with van der Waals surface area (Å²) in [6.07, 6.45) is 5.07. The van der Waals surface area contributed by atoms with Crippen LogP contribution >= 0.6 is 0 Å². The lowest BCUT2D eigenvalue weighted by molar-refractivity contribution is -0.158. The van der Waals surface area contributed by atoms with E-state index in [1.807, 2.05) is 0 Å². The van der Waals surface area contributed by atoms with Crippen LogP contribution in [-0.2, 0) is 14.3 Å². The number of carbonyl (C=O) groups is 1. The smallest absolute Gasteiger partial charge is 0.159 e. The molecule has 2 aliphatic carbocycles. The zero-order valence-electron chi connectivity index (χ0n) is 12.1. The molecule has 0 amide bonds. The van der Waals surface area contributed by atoms with Crippen molar-refractivity contribution in [3.8, 4) is 0 Å². The van der Waals surface area contributed by atoms with Gasteiger partial charge in [0.2, 0.25) is 0 Å². The van der Waals surface area contributed by atoms with Crippen molar-refractivity contribution in [3.05, 3.63) is 0 Å². The first-order valence-corrected chi connectivity index (χ1v) is 7.13. The molecular weight excluding hydrogens is 228 g/mol. The normalized spacial score (nSPS) is 37.9. The van der Waals surface area contributed by atoms with E-state index in [2.05, 4.69) is 13.8 Å². The number of ether oxygens (including phenoxy) is 2. The first kappa shape index (κ1) is 14.0. The SMILES string of the molecule is COC(OC)C(C)C1CCC2C(=O)CCCC21C. The van der Waals surface area contributed by atoms with Crippen LogP contribution in [0.25, 0.3) is 0 Å². The number of methoxy groups -OCH3 is 2. The Hall–Kier alpha value is -0.410. The quantitative estimate of drug-likeness (QED) is 0.723. The Bertz CT molecular complexity index is 311. The summed E-state index contributed by atoms with van der Waals surface area (Å²) >= 11 is 0. The molecule has 0 heterocycles. The maximum atomic E-state index is 12.1. The van der Waals surface area contributed by atoms with E-state index in [1.54, 1.807) is 14.2 Å². The van der Waals surface area contributed by atoms with E-state index in [4.69, 9.17) is 9.47 Å². The standard InChI is InChI=1S/C15H26O3/c1-10(14(17-3)18-4)11-7-8-12-13(16)6-5-9-15(11,12)2/h10-12,14H,5-9H2,1-4H3. The van der Waals surface area contributed by atoms with Gasteiger partial charge in [-0.15, -0.1) is 0 Å². The Balaban J connectivity index is 2.17. The molecule has 4 atom stereocenters. The lowest BCUT2D eigenvalue weighted by Crippen LogP contribution is -2.42. The number of rotatable bonds is 4. The van der Waals surface area contributed by atoms with E-state index < -0.39 is 0 Å². The van der Waals surface area contributed by atoms with Gasteiger partial charge in [0.05, 0.1) is 0 Å². The molecule has 0 aliphatic heterocycles. The lowest BCUT2D eigenvalue weighted by Gasteiger charge is -2.43. The van der Waals surface area contributed by atoms with Gasteiger partial charge in [-0.05, 0) is 37.0 Å². The fourth-order valence-corrected chi connectivity index (χ4v) is 4.55. The number of ketones is 1. The molecule has 2 saturated carbocycles. The van der Waals surface area contributed by atoms with Gasteiger partial charge in [-0.3, -0.25) is 4.79 Å². The Labute approximate surface area is 110 Å². The van der Waals surface area contributed by atoms with Crippen LogP contribution in [0.1, 0.15) is 46.0 Å². The van der Waals surface area contributed by atoms with Crippen LogP contribution in [-0.4, -0.2) is 26.3 Å². The van der Waals surface area contributed by atoms with Crippen LogP contribution in [0.2, 0.25) is 0 Å². The third-order valence-electron chi connectivity index (χ3n) is 5.47. The third-order valence-corrected chi connectivity index (χ3v) is 5.47. The van der Waals surface area contributed by atoms with Gasteiger partial charge in [0.1, 0.15) is 5.78 Å². The molecule has 3 heteroatoms. The van der Waals surface area contributed by atoms with Crippen molar-refractivity contribution in [3.63, 3.8) is 0 Å². The maximum Gasteiger partial charge on any atom is 0.159 e. The maximum absolute atomic E-state index is 12.1. The van der Waals surface area contributed by atoms with Gasteiger partial charge in [0.15, 0.2) is 6.29 Å². The summed E-state index contributed by atoms with van der Waals surface area (Å²) in [5.41, 5.74) is 0.171. The molecule has 3 nitrogen and oxygen atoms in total. The first-order valence-electron chi connectivity index (χ1n) is 7.13. The van der Waals surface area contributed by atoms with Gasteiger partial charge in [-0.2, -0.15) is 0 Å². The highest BCUT2D eigenvalue weighted by Gasteiger charge is 2.53. The van der Waals surface area contributed by atoms with Gasteiger partial charge in [0.25, 0.3) is 0 Å². The highest BCUT2D eigenvalue weighted by molar-refractivity contribution is 5.83. The van der Waals surface area contributed by atoms with E-state index in [0.29, 0.717) is 17.6 Å². The second-order valence-electron chi connectivity index (χ2n) is 6.26. The van der Waals surface area contributed by atoms with E-state index in [0.717, 1.165) is 25.7 Å². The molecule has 104 valence electrons. The van der Waals surface area contributed by atoms with Gasteiger partial charge >= 0.3 is 0 Å². The van der Waals surface area contributed by atoms with Crippen molar-refractivity contribution in [1.29, 1.82) is 0 Å². The predicted octanol–water partition coefficient (Wildman–Crippen LogP) is 3.03. The van der Waals surface area contributed by atoms with E-state index in [1.165, 1.54) is 6.42 Å². The number of Topliss-reactive ketones (excluding diaryl/α,β-unsaturated/α-hetero) is 1. The van der Waals surface area contributed by atoms with E-state index >= 15 is 0 Å². The van der Waals surface area contributed by atoms with Crippen LogP contribution in [0.4, 0.5) is 0 Å². The summed E-state index contributed by atoms with van der Waals surface area (Å²) < 4.78 is 10.8. The Morgan fingerprint density at radius 1 is 1.28 bits per heavy atom. The van der Waals surface area contributed by atoms with Crippen LogP contribution < -0.4 is 0 Å². The zero-order valence-corrected chi connectivity index (χ0v) is 12.1. The van der Waals surface area contributed by atoms with Crippen molar-refractivity contribution in [2.24, 2.45) is 23.2 Å². The summed E-state index contributed by atoms with van der Waals surface area (Å²) in [4.78, 5) is 12.1. The Morgan fingerprint density at radius 3 is 2.56 bits per heavy atom. The fourth-order valence-electron chi connectivity index (χ4n) is 4.55. The zero-order chi connectivity index (χ0) is 13.3. The minimum absolute atomic E-state index is 0.150. The van der Waals surface area contributed by atoms with Crippen LogP contribution in [0, 0.1) is 23.2 Å². The summed E-state index contributed by atoms with van der Waals surface area (Å²) in [6.45, 7) is 4.51. The van der Waals surface area contributed by atoms with Gasteiger partial charge < -0.3 is 9.47 Å². The molecule has 0 aromatic carbocycles. The molecule has 2 aliphatic rings. The van der Waals surface area contributed by atoms with Crippen LogP contribution in [0.5, 0.6) is 0 Å².